The van der Waals surface area contributed by atoms with Crippen LogP contribution in [-0.2, 0) is 27.2 Å². The van der Waals surface area contributed by atoms with Crippen molar-refractivity contribution in [2.24, 2.45) is 0 Å². The van der Waals surface area contributed by atoms with Crippen molar-refractivity contribution in [3.8, 4) is 11.1 Å². The second-order valence-corrected chi connectivity index (χ2v) is 7.93. The largest absolute Gasteiger partial charge is 0.464 e. The fourth-order valence-electron chi connectivity index (χ4n) is 3.36. The lowest BCUT2D eigenvalue weighted by atomic mass is 9.91. The van der Waals surface area contributed by atoms with Gasteiger partial charge in [-0.3, -0.25) is 4.90 Å². The topological polar surface area (TPSA) is 55.8 Å². The predicted octanol–water partition coefficient (Wildman–Crippen LogP) is 4.58. The maximum Gasteiger partial charge on any atom is 0.411 e. The van der Waals surface area contributed by atoms with Crippen LogP contribution in [0.15, 0.2) is 48.5 Å². The minimum Gasteiger partial charge on any atom is -0.464 e. The first-order valence-electron chi connectivity index (χ1n) is 9.62. The number of hydrogen-bond acceptors (Lipinski definition) is 4. The Hall–Kier alpha value is -2.82. The zero-order valence-corrected chi connectivity index (χ0v) is 16.9. The molecule has 1 aliphatic rings. The van der Waals surface area contributed by atoms with Gasteiger partial charge in [0, 0.05) is 6.42 Å². The van der Waals surface area contributed by atoms with Crippen molar-refractivity contribution in [3.05, 3.63) is 59.7 Å². The zero-order chi connectivity index (χ0) is 20.3. The van der Waals surface area contributed by atoms with Gasteiger partial charge in [-0.25, -0.2) is 9.59 Å². The molecule has 0 fully saturated rings. The first-order valence-corrected chi connectivity index (χ1v) is 9.62. The van der Waals surface area contributed by atoms with Crippen LogP contribution in [0.1, 0.15) is 38.8 Å². The van der Waals surface area contributed by atoms with Gasteiger partial charge in [-0.1, -0.05) is 42.5 Å². The summed E-state index contributed by atoms with van der Waals surface area (Å²) in [6.45, 7) is 7.80. The number of hydrogen-bond donors (Lipinski definition) is 0. The van der Waals surface area contributed by atoms with Gasteiger partial charge >= 0.3 is 12.1 Å². The molecule has 0 unspecified atom stereocenters. The molecule has 0 aromatic heterocycles. The van der Waals surface area contributed by atoms with Gasteiger partial charge in [0.25, 0.3) is 0 Å². The molecule has 1 aliphatic heterocycles. The molecule has 0 saturated carbocycles. The molecule has 0 N–H and O–H groups in total. The van der Waals surface area contributed by atoms with Crippen molar-refractivity contribution in [3.63, 3.8) is 0 Å². The highest BCUT2D eigenvalue weighted by molar-refractivity contribution is 5.83. The Kier molecular flexibility index (Phi) is 5.73. The maximum absolute atomic E-state index is 12.8. The fraction of sp³-hybridized carbons (Fsp3) is 0.391. The van der Waals surface area contributed by atoms with Gasteiger partial charge in [0.15, 0.2) is 0 Å². The van der Waals surface area contributed by atoms with E-state index in [9.17, 15) is 9.59 Å². The van der Waals surface area contributed by atoms with E-state index in [4.69, 9.17) is 9.47 Å². The lowest BCUT2D eigenvalue weighted by Crippen LogP contribution is -2.50. The summed E-state index contributed by atoms with van der Waals surface area (Å²) in [6, 6.07) is 15.6. The third-order valence-electron chi connectivity index (χ3n) is 4.63. The van der Waals surface area contributed by atoms with Crippen LogP contribution >= 0.6 is 0 Å². The van der Waals surface area contributed by atoms with Gasteiger partial charge in [0.2, 0.25) is 0 Å². The smallest absolute Gasteiger partial charge is 0.411 e. The Bertz CT molecular complexity index is 855. The minimum atomic E-state index is -0.676. The molecule has 2 aromatic carbocycles. The van der Waals surface area contributed by atoms with Crippen LogP contribution in [0.3, 0.4) is 0 Å². The Labute approximate surface area is 166 Å². The van der Waals surface area contributed by atoms with Gasteiger partial charge in [-0.05, 0) is 56.0 Å². The molecule has 148 valence electrons. The summed E-state index contributed by atoms with van der Waals surface area (Å²) < 4.78 is 10.8. The molecule has 0 saturated heterocycles. The molecular weight excluding hydrogens is 354 g/mol. The van der Waals surface area contributed by atoms with E-state index in [1.54, 1.807) is 6.92 Å². The fourth-order valence-corrected chi connectivity index (χ4v) is 3.36. The highest BCUT2D eigenvalue weighted by Crippen LogP contribution is 2.30. The van der Waals surface area contributed by atoms with E-state index in [0.29, 0.717) is 13.0 Å². The van der Waals surface area contributed by atoms with Gasteiger partial charge < -0.3 is 9.47 Å². The van der Waals surface area contributed by atoms with Crippen LogP contribution < -0.4 is 0 Å². The second-order valence-electron chi connectivity index (χ2n) is 7.93. The molecule has 5 heteroatoms. The molecule has 3 rings (SSSR count). The van der Waals surface area contributed by atoms with Crippen molar-refractivity contribution in [2.45, 2.75) is 52.3 Å². The molecule has 1 atom stereocenters. The molecule has 1 amide bonds. The number of carbonyl (C=O) groups is 2. The van der Waals surface area contributed by atoms with Crippen molar-refractivity contribution in [2.75, 3.05) is 6.61 Å². The lowest BCUT2D eigenvalue weighted by Gasteiger charge is -2.36. The van der Waals surface area contributed by atoms with E-state index < -0.39 is 23.7 Å². The standard InChI is InChI=1S/C23H27NO4/c1-5-27-21(25)20-14-18-12-11-17(16-9-7-6-8-10-16)13-19(18)15-24(20)22(26)28-23(2,3)4/h6-13,20H,5,14-15H2,1-4H3/t20-/m0/s1. The van der Waals surface area contributed by atoms with E-state index >= 15 is 0 Å². The second kappa shape index (κ2) is 8.05. The van der Waals surface area contributed by atoms with Crippen molar-refractivity contribution < 1.29 is 19.1 Å². The summed E-state index contributed by atoms with van der Waals surface area (Å²) in [5, 5.41) is 0. The Morgan fingerprint density at radius 3 is 2.39 bits per heavy atom. The Balaban J connectivity index is 1.93. The molecular formula is C23H27NO4. The molecule has 1 heterocycles. The van der Waals surface area contributed by atoms with E-state index in [-0.39, 0.29) is 6.61 Å². The molecule has 28 heavy (non-hydrogen) atoms. The van der Waals surface area contributed by atoms with Crippen LogP contribution in [-0.4, -0.2) is 35.2 Å². The summed E-state index contributed by atoms with van der Waals surface area (Å²) in [5.41, 5.74) is 3.63. The average Bonchev–Trinajstić information content (AvgIpc) is 2.66. The van der Waals surface area contributed by atoms with Crippen LogP contribution in [0.4, 0.5) is 4.79 Å². The van der Waals surface area contributed by atoms with Crippen molar-refractivity contribution in [1.29, 1.82) is 0 Å². The molecule has 2 aromatic rings. The molecule has 0 bridgehead atoms. The van der Waals surface area contributed by atoms with Crippen molar-refractivity contribution in [1.82, 2.24) is 4.90 Å². The molecule has 0 aliphatic carbocycles. The van der Waals surface area contributed by atoms with Crippen molar-refractivity contribution >= 4 is 12.1 Å². The van der Waals surface area contributed by atoms with Crippen LogP contribution in [0.25, 0.3) is 11.1 Å². The number of fused-ring (bicyclic) bond motifs is 1. The number of rotatable bonds is 3. The SMILES string of the molecule is CCOC(=O)[C@@H]1Cc2ccc(-c3ccccc3)cc2CN1C(=O)OC(C)(C)C. The van der Waals surface area contributed by atoms with E-state index in [0.717, 1.165) is 22.3 Å². The Morgan fingerprint density at radius 2 is 1.75 bits per heavy atom. The van der Waals surface area contributed by atoms with Crippen LogP contribution in [0, 0.1) is 0 Å². The number of carbonyl (C=O) groups excluding carboxylic acids is 2. The summed E-state index contributed by atoms with van der Waals surface area (Å²) in [7, 11) is 0. The summed E-state index contributed by atoms with van der Waals surface area (Å²) in [6.07, 6.45) is -0.0797. The molecule has 0 radical (unpaired) electrons. The zero-order valence-electron chi connectivity index (χ0n) is 16.9. The number of ether oxygens (including phenoxy) is 2. The maximum atomic E-state index is 12.8. The van der Waals surface area contributed by atoms with Crippen LogP contribution in [0.2, 0.25) is 0 Å². The molecule has 0 spiro atoms. The number of esters is 1. The van der Waals surface area contributed by atoms with Gasteiger partial charge in [0.05, 0.1) is 13.2 Å². The summed E-state index contributed by atoms with van der Waals surface area (Å²) in [5.74, 6) is -0.397. The summed E-state index contributed by atoms with van der Waals surface area (Å²) in [4.78, 5) is 26.8. The number of benzene rings is 2. The average molecular weight is 381 g/mol. The van der Waals surface area contributed by atoms with Gasteiger partial charge in [-0.2, -0.15) is 0 Å². The normalized spacial score (nSPS) is 16.3. The summed E-state index contributed by atoms with van der Waals surface area (Å²) >= 11 is 0. The highest BCUT2D eigenvalue weighted by atomic mass is 16.6. The number of amides is 1. The third-order valence-corrected chi connectivity index (χ3v) is 4.63. The van der Waals surface area contributed by atoms with E-state index in [2.05, 4.69) is 24.3 Å². The highest BCUT2D eigenvalue weighted by Gasteiger charge is 2.38. The monoisotopic (exact) mass is 381 g/mol. The minimum absolute atomic E-state index is 0.275. The van der Waals surface area contributed by atoms with Gasteiger partial charge in [-0.15, -0.1) is 0 Å². The molecule has 5 nitrogen and oxygen atoms in total. The predicted molar refractivity (Wildman–Crippen MR) is 108 cm³/mol. The first-order chi connectivity index (χ1) is 13.3. The Morgan fingerprint density at radius 1 is 1.04 bits per heavy atom. The quantitative estimate of drug-likeness (QED) is 0.731. The van der Waals surface area contributed by atoms with Gasteiger partial charge in [0.1, 0.15) is 11.6 Å². The van der Waals surface area contributed by atoms with Crippen LogP contribution in [0.5, 0.6) is 0 Å². The lowest BCUT2D eigenvalue weighted by molar-refractivity contribution is -0.150. The third kappa shape index (κ3) is 4.53. The first kappa shape index (κ1) is 19.9. The van der Waals surface area contributed by atoms with E-state index in [1.807, 2.05) is 45.0 Å². The van der Waals surface area contributed by atoms with E-state index in [1.165, 1.54) is 4.90 Å². The number of nitrogens with zero attached hydrogens (tertiary/aromatic N) is 1.